The number of carbonyl (C=O) groups excluding carboxylic acids is 2. The topological polar surface area (TPSA) is 76.5 Å². The van der Waals surface area contributed by atoms with Gasteiger partial charge in [-0.05, 0) is 66.0 Å². The molecule has 2 heterocycles. The van der Waals surface area contributed by atoms with E-state index in [1.807, 2.05) is 51.1 Å². The Morgan fingerprint density at radius 2 is 1.87 bits per heavy atom. The fraction of sp³-hybridized carbons (Fsp3) is 0.476. The van der Waals surface area contributed by atoms with Gasteiger partial charge >= 0.3 is 6.09 Å². The molecule has 0 radical (unpaired) electrons. The minimum Gasteiger partial charge on any atom is -0.444 e. The quantitative estimate of drug-likeness (QED) is 0.369. The van der Waals surface area contributed by atoms with Crippen LogP contribution >= 0.6 is 45.2 Å². The van der Waals surface area contributed by atoms with Crippen LogP contribution in [0.4, 0.5) is 4.79 Å². The minimum atomic E-state index is -0.513. The lowest BCUT2D eigenvalue weighted by atomic mass is 9.98. The van der Waals surface area contributed by atoms with Crippen molar-refractivity contribution < 1.29 is 14.3 Å². The Balaban J connectivity index is 1.54. The molecular weight excluding hydrogens is 610 g/mol. The summed E-state index contributed by atoms with van der Waals surface area (Å²) in [5.41, 5.74) is 0.237. The van der Waals surface area contributed by atoms with Crippen molar-refractivity contribution in [3.63, 3.8) is 0 Å². The molecule has 1 aromatic heterocycles. The number of nitrogens with one attached hydrogen (secondary N) is 1. The molecule has 1 N–H and O–H groups in total. The number of aromatic nitrogens is 2. The molecule has 0 spiro atoms. The van der Waals surface area contributed by atoms with E-state index >= 15 is 0 Å². The van der Waals surface area contributed by atoms with Crippen molar-refractivity contribution in [1.29, 1.82) is 0 Å². The Hall–Kier alpha value is -1.21. The van der Waals surface area contributed by atoms with Gasteiger partial charge in [0.1, 0.15) is 18.8 Å². The first-order chi connectivity index (χ1) is 14.1. The number of rotatable bonds is 7. The van der Waals surface area contributed by atoms with Crippen molar-refractivity contribution in [2.75, 3.05) is 26.2 Å². The molecule has 0 bridgehead atoms. The second-order valence-electron chi connectivity index (χ2n) is 8.31. The van der Waals surface area contributed by atoms with Crippen LogP contribution in [0.25, 0.3) is 0 Å². The van der Waals surface area contributed by atoms with E-state index in [1.165, 1.54) is 0 Å². The summed E-state index contributed by atoms with van der Waals surface area (Å²) >= 11 is 4.53. The fourth-order valence-electron chi connectivity index (χ4n) is 3.31. The summed E-state index contributed by atoms with van der Waals surface area (Å²) in [7, 11) is 0. The van der Waals surface area contributed by atoms with Crippen molar-refractivity contribution in [1.82, 2.24) is 19.8 Å². The molecule has 1 aliphatic heterocycles. The van der Waals surface area contributed by atoms with Crippen molar-refractivity contribution in [2.24, 2.45) is 0 Å². The number of Topliss-reactive ketones (excluding diaryl/α,β-unsaturated/α-hetero) is 1. The molecule has 1 aliphatic rings. The van der Waals surface area contributed by atoms with E-state index in [1.54, 1.807) is 0 Å². The molecule has 1 amide bonds. The monoisotopic (exact) mass is 636 g/mol. The maximum Gasteiger partial charge on any atom is 0.407 e. The van der Waals surface area contributed by atoms with Crippen LogP contribution in [-0.4, -0.2) is 58.1 Å². The molecule has 2 aromatic rings. The molecule has 1 saturated heterocycles. The van der Waals surface area contributed by atoms with Crippen LogP contribution in [0.3, 0.4) is 0 Å². The van der Waals surface area contributed by atoms with Gasteiger partial charge in [0.25, 0.3) is 0 Å². The Kier molecular flexibility index (Phi) is 7.77. The highest BCUT2D eigenvalue weighted by molar-refractivity contribution is 14.1. The molecule has 1 fully saturated rings. The summed E-state index contributed by atoms with van der Waals surface area (Å²) in [5.74, 6) is 1.44. The average molecular weight is 636 g/mol. The maximum absolute atomic E-state index is 12.4. The molecule has 3 rings (SSSR count). The van der Waals surface area contributed by atoms with E-state index in [0.717, 1.165) is 31.9 Å². The zero-order valence-corrected chi connectivity index (χ0v) is 21.6. The highest BCUT2D eigenvalue weighted by atomic mass is 127. The molecule has 9 heteroatoms. The minimum absolute atomic E-state index is 0.142. The number of halogens is 2. The number of alkyl carbamates (subject to hydrolysis) is 1. The van der Waals surface area contributed by atoms with Gasteiger partial charge < -0.3 is 14.6 Å². The standard InChI is InChI=1S/C21H26I2N4O3/c1-21(2,3)30-20(29)24-9-10-27-18(23)17(22)25-19(27)15-11-26(12-15)13-16(28)14-7-5-4-6-8-14/h4-8,15H,9-13H2,1-3H3,(H,24,29). The molecular formula is C21H26I2N4O3. The average Bonchev–Trinajstić information content (AvgIpc) is 2.91. The zero-order chi connectivity index (χ0) is 21.9. The lowest BCUT2D eigenvalue weighted by Gasteiger charge is -2.38. The Bertz CT molecular complexity index is 903. The second kappa shape index (κ2) is 9.94. The third-order valence-corrected chi connectivity index (χ3v) is 7.56. The summed E-state index contributed by atoms with van der Waals surface area (Å²) < 4.78 is 9.47. The van der Waals surface area contributed by atoms with Crippen molar-refractivity contribution >= 4 is 57.1 Å². The van der Waals surface area contributed by atoms with E-state index in [9.17, 15) is 9.59 Å². The first-order valence-electron chi connectivity index (χ1n) is 9.83. The number of amides is 1. The molecule has 1 aromatic carbocycles. The van der Waals surface area contributed by atoms with Gasteiger partial charge in [-0.2, -0.15) is 0 Å². The third kappa shape index (κ3) is 6.16. The van der Waals surface area contributed by atoms with Gasteiger partial charge in [0, 0.05) is 37.7 Å². The summed E-state index contributed by atoms with van der Waals surface area (Å²) in [6.45, 7) is 8.66. The third-order valence-electron chi connectivity index (χ3n) is 4.69. The molecule has 162 valence electrons. The van der Waals surface area contributed by atoms with Gasteiger partial charge in [-0.1, -0.05) is 30.3 Å². The summed E-state index contributed by atoms with van der Waals surface area (Å²) in [6.07, 6.45) is -0.414. The number of ketones is 1. The predicted molar refractivity (Wildman–Crippen MR) is 132 cm³/mol. The molecule has 0 unspecified atom stereocenters. The van der Waals surface area contributed by atoms with Crippen molar-refractivity contribution in [3.05, 3.63) is 49.1 Å². The molecule has 0 atom stereocenters. The number of benzene rings is 1. The van der Waals surface area contributed by atoms with E-state index < -0.39 is 11.7 Å². The van der Waals surface area contributed by atoms with Crippen molar-refractivity contribution in [3.8, 4) is 0 Å². The second-order valence-corrected chi connectivity index (χ2v) is 10.4. The van der Waals surface area contributed by atoms with E-state index in [-0.39, 0.29) is 11.7 Å². The Labute approximate surface area is 204 Å². The lowest BCUT2D eigenvalue weighted by molar-refractivity contribution is 0.0525. The van der Waals surface area contributed by atoms with Crippen LogP contribution < -0.4 is 5.32 Å². The van der Waals surface area contributed by atoms with E-state index in [4.69, 9.17) is 9.72 Å². The van der Waals surface area contributed by atoms with Gasteiger partial charge in [-0.3, -0.25) is 9.69 Å². The van der Waals surface area contributed by atoms with Crippen LogP contribution in [0.1, 0.15) is 42.9 Å². The summed E-state index contributed by atoms with van der Waals surface area (Å²) in [6, 6.07) is 9.40. The van der Waals surface area contributed by atoms with Crippen LogP contribution in [0.15, 0.2) is 30.3 Å². The fourth-order valence-corrected chi connectivity index (χ4v) is 4.46. The van der Waals surface area contributed by atoms with Crippen molar-refractivity contribution in [2.45, 2.75) is 38.8 Å². The molecule has 30 heavy (non-hydrogen) atoms. The molecule has 7 nitrogen and oxygen atoms in total. The largest absolute Gasteiger partial charge is 0.444 e. The summed E-state index contributed by atoms with van der Waals surface area (Å²) in [5, 5.41) is 2.81. The normalized spacial score (nSPS) is 15.0. The Morgan fingerprint density at radius 3 is 2.50 bits per heavy atom. The molecule has 0 aliphatic carbocycles. The number of ether oxygens (including phenoxy) is 1. The predicted octanol–water partition coefficient (Wildman–Crippen LogP) is 3.90. The number of nitrogens with zero attached hydrogens (tertiary/aromatic N) is 3. The smallest absolute Gasteiger partial charge is 0.407 e. The maximum atomic E-state index is 12.4. The number of hydrogen-bond donors (Lipinski definition) is 1. The number of carbonyl (C=O) groups is 2. The van der Waals surface area contributed by atoms with E-state index in [2.05, 4.69) is 60.0 Å². The van der Waals surface area contributed by atoms with Crippen LogP contribution in [0, 0.1) is 7.40 Å². The SMILES string of the molecule is CC(C)(C)OC(=O)NCCn1c(C2CN(CC(=O)c3ccccc3)C2)nc(I)c1I. The van der Waals surface area contributed by atoms with Gasteiger partial charge in [-0.25, -0.2) is 9.78 Å². The van der Waals surface area contributed by atoms with Gasteiger partial charge in [0.05, 0.1) is 6.54 Å². The van der Waals surface area contributed by atoms with Gasteiger partial charge in [0.2, 0.25) is 0 Å². The Morgan fingerprint density at radius 1 is 1.20 bits per heavy atom. The first kappa shape index (κ1) is 23.5. The van der Waals surface area contributed by atoms with Crippen LogP contribution in [-0.2, 0) is 11.3 Å². The first-order valence-corrected chi connectivity index (χ1v) is 12.0. The van der Waals surface area contributed by atoms with Crippen LogP contribution in [0.5, 0.6) is 0 Å². The number of imidazole rings is 1. The molecule has 0 saturated carbocycles. The highest BCUT2D eigenvalue weighted by Gasteiger charge is 2.34. The highest BCUT2D eigenvalue weighted by Crippen LogP contribution is 2.29. The zero-order valence-electron chi connectivity index (χ0n) is 17.3. The lowest BCUT2D eigenvalue weighted by Crippen LogP contribution is -2.48. The van der Waals surface area contributed by atoms with Crippen LogP contribution in [0.2, 0.25) is 0 Å². The van der Waals surface area contributed by atoms with Gasteiger partial charge in [0.15, 0.2) is 5.78 Å². The number of hydrogen-bond acceptors (Lipinski definition) is 5. The number of likely N-dealkylation sites (tertiary alicyclic amines) is 1. The van der Waals surface area contributed by atoms with Gasteiger partial charge in [-0.15, -0.1) is 0 Å². The summed E-state index contributed by atoms with van der Waals surface area (Å²) in [4.78, 5) is 31.2. The van der Waals surface area contributed by atoms with E-state index in [0.29, 0.717) is 19.6 Å².